The van der Waals surface area contributed by atoms with E-state index in [-0.39, 0.29) is 29.5 Å². The van der Waals surface area contributed by atoms with Crippen molar-refractivity contribution in [2.45, 2.75) is 124 Å². The highest BCUT2D eigenvalue weighted by molar-refractivity contribution is 7.14. The lowest BCUT2D eigenvalue weighted by atomic mass is 9.94. The Morgan fingerprint density at radius 2 is 1.55 bits per heavy atom. The molecule has 0 saturated carbocycles. The third kappa shape index (κ3) is 12.3. The van der Waals surface area contributed by atoms with Crippen LogP contribution in [0, 0.1) is 0 Å². The SMILES string of the molecule is CC(C)(C)OC(=O)NCc1cc(C[C@@H]2NC(=O)[C@H]2NC(=O)C(=NOC(C)(C)C(=O)OC(C)(C)C)c2csc(NC(=O)OC(C)(C)C)n2)no1. The van der Waals surface area contributed by atoms with E-state index >= 15 is 0 Å². The molecule has 1 aliphatic rings. The van der Waals surface area contributed by atoms with Crippen molar-refractivity contribution in [2.24, 2.45) is 5.16 Å². The van der Waals surface area contributed by atoms with Gasteiger partial charge in [-0.1, -0.05) is 10.3 Å². The number of oxime groups is 1. The number of hydrogen-bond donors (Lipinski definition) is 4. The number of anilines is 1. The van der Waals surface area contributed by atoms with Gasteiger partial charge in [-0.2, -0.15) is 0 Å². The minimum atomic E-state index is -1.62. The first kappa shape index (κ1) is 38.7. The van der Waals surface area contributed by atoms with E-state index in [9.17, 15) is 24.0 Å². The van der Waals surface area contributed by atoms with E-state index < -0.39 is 64.5 Å². The fraction of sp³-hybridized carbons (Fsp3) is 0.613. The molecule has 4 amide bonds. The fourth-order valence-corrected chi connectivity index (χ4v) is 4.54. The maximum Gasteiger partial charge on any atom is 0.413 e. The lowest BCUT2D eigenvalue weighted by Gasteiger charge is -2.36. The van der Waals surface area contributed by atoms with Gasteiger partial charge in [0.15, 0.2) is 16.6 Å². The number of esters is 1. The van der Waals surface area contributed by atoms with Crippen LogP contribution >= 0.6 is 11.3 Å². The molecule has 3 rings (SSSR count). The highest BCUT2D eigenvalue weighted by Gasteiger charge is 2.42. The van der Waals surface area contributed by atoms with Crippen molar-refractivity contribution >= 4 is 52.2 Å². The molecule has 0 aromatic carbocycles. The third-order valence-corrected chi connectivity index (χ3v) is 6.72. The Kier molecular flexibility index (Phi) is 11.7. The number of thiazole rings is 1. The number of aromatic nitrogens is 2. The Balaban J connectivity index is 1.76. The minimum Gasteiger partial charge on any atom is -0.457 e. The number of rotatable bonds is 11. The summed E-state index contributed by atoms with van der Waals surface area (Å²) in [6.07, 6.45) is -1.20. The normalized spacial score (nSPS) is 16.9. The van der Waals surface area contributed by atoms with Crippen LogP contribution in [0.25, 0.3) is 0 Å². The predicted molar refractivity (Wildman–Crippen MR) is 177 cm³/mol. The first-order valence-corrected chi connectivity index (χ1v) is 16.3. The Morgan fingerprint density at radius 1 is 0.939 bits per heavy atom. The molecular formula is C31H45N7O10S. The van der Waals surface area contributed by atoms with Crippen molar-refractivity contribution in [3.8, 4) is 0 Å². The zero-order valence-electron chi connectivity index (χ0n) is 29.6. The van der Waals surface area contributed by atoms with Gasteiger partial charge in [-0.3, -0.25) is 14.9 Å². The zero-order chi connectivity index (χ0) is 36.9. The van der Waals surface area contributed by atoms with Gasteiger partial charge in [-0.05, 0) is 76.2 Å². The molecule has 4 N–H and O–H groups in total. The molecule has 0 radical (unpaired) electrons. The summed E-state index contributed by atoms with van der Waals surface area (Å²) in [7, 11) is 0. The van der Waals surface area contributed by atoms with Gasteiger partial charge in [0, 0.05) is 17.9 Å². The smallest absolute Gasteiger partial charge is 0.413 e. The first-order chi connectivity index (χ1) is 22.4. The molecule has 2 aromatic heterocycles. The predicted octanol–water partition coefficient (Wildman–Crippen LogP) is 3.57. The lowest BCUT2D eigenvalue weighted by Crippen LogP contribution is -2.70. The molecule has 270 valence electrons. The van der Waals surface area contributed by atoms with Crippen molar-refractivity contribution in [3.05, 3.63) is 28.6 Å². The molecule has 49 heavy (non-hydrogen) atoms. The van der Waals surface area contributed by atoms with E-state index in [1.165, 1.54) is 19.2 Å². The molecule has 1 aliphatic heterocycles. The van der Waals surface area contributed by atoms with E-state index in [0.29, 0.717) is 11.5 Å². The van der Waals surface area contributed by atoms with Crippen LogP contribution in [-0.4, -0.2) is 80.3 Å². The number of alkyl carbamates (subject to hydrolysis) is 1. The van der Waals surface area contributed by atoms with Crippen molar-refractivity contribution in [2.75, 3.05) is 5.32 Å². The van der Waals surface area contributed by atoms with Gasteiger partial charge in [-0.25, -0.2) is 19.4 Å². The molecule has 0 unspecified atom stereocenters. The minimum absolute atomic E-state index is 0.0107. The second kappa shape index (κ2) is 14.8. The topological polar surface area (TPSA) is 222 Å². The van der Waals surface area contributed by atoms with Crippen LogP contribution in [-0.2, 0) is 46.4 Å². The van der Waals surface area contributed by atoms with E-state index in [2.05, 4.69) is 36.6 Å². The Hall–Kier alpha value is -4.74. The monoisotopic (exact) mass is 707 g/mol. The van der Waals surface area contributed by atoms with Crippen LogP contribution in [0.15, 0.2) is 21.1 Å². The van der Waals surface area contributed by atoms with Gasteiger partial charge in [0.1, 0.15) is 28.5 Å². The summed E-state index contributed by atoms with van der Waals surface area (Å²) in [5.41, 5.74) is -3.79. The van der Waals surface area contributed by atoms with E-state index in [1.54, 1.807) is 68.4 Å². The summed E-state index contributed by atoms with van der Waals surface area (Å²) < 4.78 is 21.2. The number of carbonyl (C=O) groups excluding carboxylic acids is 5. The summed E-state index contributed by atoms with van der Waals surface area (Å²) in [4.78, 5) is 73.0. The van der Waals surface area contributed by atoms with E-state index in [4.69, 9.17) is 23.6 Å². The summed E-state index contributed by atoms with van der Waals surface area (Å²) >= 11 is 0.986. The molecular weight excluding hydrogens is 662 g/mol. The van der Waals surface area contributed by atoms with E-state index in [0.717, 1.165) is 11.3 Å². The van der Waals surface area contributed by atoms with Gasteiger partial charge >= 0.3 is 18.2 Å². The van der Waals surface area contributed by atoms with Gasteiger partial charge in [0.05, 0.1) is 18.3 Å². The molecule has 1 saturated heterocycles. The largest absolute Gasteiger partial charge is 0.457 e. The second-order valence-corrected chi connectivity index (χ2v) is 15.5. The highest BCUT2D eigenvalue weighted by atomic mass is 32.1. The molecule has 0 spiro atoms. The van der Waals surface area contributed by atoms with Crippen LogP contribution in [0.5, 0.6) is 0 Å². The Labute approximate surface area is 288 Å². The highest BCUT2D eigenvalue weighted by Crippen LogP contribution is 2.22. The number of hydrogen-bond acceptors (Lipinski definition) is 14. The number of amides is 4. The summed E-state index contributed by atoms with van der Waals surface area (Å²) in [5.74, 6) is -1.69. The van der Waals surface area contributed by atoms with Crippen LogP contribution in [0.1, 0.15) is 93.3 Å². The maximum absolute atomic E-state index is 13.6. The van der Waals surface area contributed by atoms with Crippen LogP contribution in [0.2, 0.25) is 0 Å². The van der Waals surface area contributed by atoms with Crippen LogP contribution in [0.3, 0.4) is 0 Å². The van der Waals surface area contributed by atoms with Gasteiger partial charge in [-0.15, -0.1) is 11.3 Å². The molecule has 0 bridgehead atoms. The van der Waals surface area contributed by atoms with Crippen molar-refractivity contribution < 1.29 is 47.5 Å². The number of carbonyl (C=O) groups is 5. The summed E-state index contributed by atoms with van der Waals surface area (Å²) in [6, 6.07) is 0.0253. The molecule has 17 nitrogen and oxygen atoms in total. The molecule has 3 heterocycles. The van der Waals surface area contributed by atoms with Crippen LogP contribution in [0.4, 0.5) is 14.7 Å². The van der Waals surface area contributed by atoms with Gasteiger partial charge < -0.3 is 39.5 Å². The number of nitrogens with zero attached hydrogens (tertiary/aromatic N) is 3. The quantitative estimate of drug-likeness (QED) is 0.0866. The average molecular weight is 708 g/mol. The molecule has 2 aromatic rings. The Bertz CT molecular complexity index is 1580. The molecule has 2 atom stereocenters. The second-order valence-electron chi connectivity index (χ2n) is 14.6. The van der Waals surface area contributed by atoms with Crippen molar-refractivity contribution in [1.82, 2.24) is 26.1 Å². The van der Waals surface area contributed by atoms with Crippen molar-refractivity contribution in [3.63, 3.8) is 0 Å². The zero-order valence-corrected chi connectivity index (χ0v) is 30.4. The Morgan fingerprint density at radius 3 is 2.14 bits per heavy atom. The molecule has 18 heteroatoms. The summed E-state index contributed by atoms with van der Waals surface area (Å²) in [5, 5.41) is 19.9. The number of ether oxygens (including phenoxy) is 3. The van der Waals surface area contributed by atoms with Gasteiger partial charge in [0.2, 0.25) is 11.5 Å². The first-order valence-electron chi connectivity index (χ1n) is 15.4. The third-order valence-electron chi connectivity index (χ3n) is 5.97. The summed E-state index contributed by atoms with van der Waals surface area (Å²) in [6.45, 7) is 18.3. The van der Waals surface area contributed by atoms with Gasteiger partial charge in [0.25, 0.3) is 5.91 Å². The van der Waals surface area contributed by atoms with Crippen LogP contribution < -0.4 is 21.3 Å². The molecule has 0 aliphatic carbocycles. The maximum atomic E-state index is 13.6. The fourth-order valence-electron chi connectivity index (χ4n) is 3.85. The van der Waals surface area contributed by atoms with E-state index in [1.807, 2.05) is 0 Å². The molecule has 1 fully saturated rings. The lowest BCUT2D eigenvalue weighted by molar-refractivity contribution is -0.179. The van der Waals surface area contributed by atoms with Crippen molar-refractivity contribution in [1.29, 1.82) is 0 Å². The average Bonchev–Trinajstić information content (AvgIpc) is 3.57. The number of nitrogens with one attached hydrogen (secondary N) is 4. The standard InChI is InChI=1S/C31H45N7O10S/c1-28(2,3)44-24(41)31(10,11)48-38-21(19-15-49-25(34-19)36-27(43)46-30(7,8)9)23(40)35-20-18(33-22(20)39)13-16-12-17(47-37-16)14-32-26(42)45-29(4,5)6/h12,15,18,20H,13-14H2,1-11H3,(H,32,42)(H,33,39)(H,35,40)(H,34,36,43)/t18-,20-/m0/s1. The number of β-lactam (4-membered cyclic amide) rings is 1.